The fraction of sp³-hybridized carbons (Fsp3) is 0.727. The lowest BCUT2D eigenvalue weighted by molar-refractivity contribution is -0.142. The first-order valence-electron chi connectivity index (χ1n) is 5.72. The SMILES string of the molecule is COCCCCn1cc(CCO)c(C(F)(F)F)n1. The van der Waals surface area contributed by atoms with Crippen LogP contribution in [0.4, 0.5) is 13.2 Å². The van der Waals surface area contributed by atoms with Crippen molar-refractivity contribution in [3.8, 4) is 0 Å². The van der Waals surface area contributed by atoms with Crippen LogP contribution < -0.4 is 0 Å². The van der Waals surface area contributed by atoms with Gasteiger partial charge in [0.2, 0.25) is 0 Å². The highest BCUT2D eigenvalue weighted by molar-refractivity contribution is 5.20. The van der Waals surface area contributed by atoms with Crippen LogP contribution in [-0.2, 0) is 23.9 Å². The third-order valence-corrected chi connectivity index (χ3v) is 2.47. The largest absolute Gasteiger partial charge is 0.435 e. The van der Waals surface area contributed by atoms with Crippen LogP contribution in [0.2, 0.25) is 0 Å². The highest BCUT2D eigenvalue weighted by Gasteiger charge is 2.36. The summed E-state index contributed by atoms with van der Waals surface area (Å²) in [5.74, 6) is 0. The molecule has 1 heterocycles. The van der Waals surface area contributed by atoms with Crippen LogP contribution in [0.25, 0.3) is 0 Å². The number of aromatic nitrogens is 2. The van der Waals surface area contributed by atoms with Gasteiger partial charge < -0.3 is 9.84 Å². The summed E-state index contributed by atoms with van der Waals surface area (Å²) < 4.78 is 44.1. The average Bonchev–Trinajstić information content (AvgIpc) is 2.68. The van der Waals surface area contributed by atoms with Gasteiger partial charge in [0.15, 0.2) is 5.69 Å². The minimum atomic E-state index is -4.47. The number of nitrogens with zero attached hydrogens (tertiary/aromatic N) is 2. The Labute approximate surface area is 103 Å². The zero-order chi connectivity index (χ0) is 13.6. The summed E-state index contributed by atoms with van der Waals surface area (Å²) in [4.78, 5) is 0. The van der Waals surface area contributed by atoms with E-state index in [1.165, 1.54) is 10.9 Å². The fourth-order valence-corrected chi connectivity index (χ4v) is 1.64. The van der Waals surface area contributed by atoms with Crippen LogP contribution in [0, 0.1) is 0 Å². The number of rotatable bonds is 7. The van der Waals surface area contributed by atoms with E-state index in [-0.39, 0.29) is 18.6 Å². The van der Waals surface area contributed by atoms with Gasteiger partial charge in [0.1, 0.15) is 0 Å². The molecule has 1 N–H and O–H groups in total. The number of halogens is 3. The van der Waals surface area contributed by atoms with Crippen molar-refractivity contribution < 1.29 is 23.0 Å². The van der Waals surface area contributed by atoms with Gasteiger partial charge in [-0.15, -0.1) is 0 Å². The van der Waals surface area contributed by atoms with Crippen molar-refractivity contribution >= 4 is 0 Å². The normalized spacial score (nSPS) is 12.1. The monoisotopic (exact) mass is 266 g/mol. The lowest BCUT2D eigenvalue weighted by Gasteiger charge is -2.04. The van der Waals surface area contributed by atoms with Gasteiger partial charge >= 0.3 is 6.18 Å². The van der Waals surface area contributed by atoms with E-state index in [0.29, 0.717) is 19.6 Å². The van der Waals surface area contributed by atoms with Crippen LogP contribution in [0.5, 0.6) is 0 Å². The molecule has 1 aromatic heterocycles. The van der Waals surface area contributed by atoms with Gasteiger partial charge in [-0.1, -0.05) is 0 Å². The molecule has 1 aromatic rings. The molecule has 0 unspecified atom stereocenters. The van der Waals surface area contributed by atoms with E-state index >= 15 is 0 Å². The Morgan fingerprint density at radius 3 is 2.67 bits per heavy atom. The summed E-state index contributed by atoms with van der Waals surface area (Å²) in [5, 5.41) is 12.3. The number of ether oxygens (including phenoxy) is 1. The second-order valence-electron chi connectivity index (χ2n) is 3.94. The maximum absolute atomic E-state index is 12.7. The van der Waals surface area contributed by atoms with Gasteiger partial charge in [0.05, 0.1) is 0 Å². The van der Waals surface area contributed by atoms with Gasteiger partial charge in [-0.3, -0.25) is 4.68 Å². The Morgan fingerprint density at radius 2 is 2.11 bits per heavy atom. The van der Waals surface area contributed by atoms with Crippen molar-refractivity contribution in [2.45, 2.75) is 32.0 Å². The lowest BCUT2D eigenvalue weighted by atomic mass is 10.2. The Balaban J connectivity index is 2.70. The molecule has 0 spiro atoms. The van der Waals surface area contributed by atoms with Crippen LogP contribution in [0.15, 0.2) is 6.20 Å². The molecule has 7 heteroatoms. The molecular formula is C11H17F3N2O2. The van der Waals surface area contributed by atoms with Crippen LogP contribution >= 0.6 is 0 Å². The quantitative estimate of drug-likeness (QED) is 0.766. The first-order valence-corrected chi connectivity index (χ1v) is 5.72. The van der Waals surface area contributed by atoms with E-state index in [4.69, 9.17) is 9.84 Å². The number of unbranched alkanes of at least 4 members (excludes halogenated alkanes) is 1. The van der Waals surface area contributed by atoms with Gasteiger partial charge in [0.25, 0.3) is 0 Å². The molecular weight excluding hydrogens is 249 g/mol. The first kappa shape index (κ1) is 15.0. The molecule has 0 radical (unpaired) electrons. The minimum Gasteiger partial charge on any atom is -0.396 e. The molecule has 0 fully saturated rings. The van der Waals surface area contributed by atoms with Gasteiger partial charge in [-0.25, -0.2) is 0 Å². The molecule has 0 bridgehead atoms. The van der Waals surface area contributed by atoms with Crippen molar-refractivity contribution in [1.82, 2.24) is 9.78 Å². The predicted molar refractivity (Wildman–Crippen MR) is 59.1 cm³/mol. The lowest BCUT2D eigenvalue weighted by Crippen LogP contribution is -2.10. The highest BCUT2D eigenvalue weighted by Crippen LogP contribution is 2.30. The second kappa shape index (κ2) is 6.75. The zero-order valence-corrected chi connectivity index (χ0v) is 10.2. The molecule has 0 aliphatic carbocycles. The summed E-state index contributed by atoms with van der Waals surface area (Å²) in [6, 6.07) is 0. The first-order chi connectivity index (χ1) is 8.49. The van der Waals surface area contributed by atoms with Crippen LogP contribution in [0.3, 0.4) is 0 Å². The van der Waals surface area contributed by atoms with E-state index in [9.17, 15) is 13.2 Å². The number of alkyl halides is 3. The number of methoxy groups -OCH3 is 1. The molecule has 0 atom stereocenters. The van der Waals surface area contributed by atoms with Gasteiger partial charge in [-0.2, -0.15) is 18.3 Å². The van der Waals surface area contributed by atoms with E-state index in [0.717, 1.165) is 6.42 Å². The molecule has 0 aliphatic rings. The maximum atomic E-state index is 12.7. The van der Waals surface area contributed by atoms with E-state index in [1.54, 1.807) is 7.11 Å². The third-order valence-electron chi connectivity index (χ3n) is 2.47. The molecule has 1 rings (SSSR count). The molecule has 4 nitrogen and oxygen atoms in total. The summed E-state index contributed by atoms with van der Waals surface area (Å²) in [5.41, 5.74) is -0.861. The average molecular weight is 266 g/mol. The van der Waals surface area contributed by atoms with Crippen LogP contribution in [0.1, 0.15) is 24.1 Å². The minimum absolute atomic E-state index is 0.0348. The fourth-order valence-electron chi connectivity index (χ4n) is 1.64. The third kappa shape index (κ3) is 4.30. The molecule has 0 saturated carbocycles. The molecule has 0 saturated heterocycles. The number of aliphatic hydroxyl groups is 1. The van der Waals surface area contributed by atoms with Crippen molar-refractivity contribution in [3.63, 3.8) is 0 Å². The Morgan fingerprint density at radius 1 is 1.39 bits per heavy atom. The van der Waals surface area contributed by atoms with Crippen molar-refractivity contribution in [1.29, 1.82) is 0 Å². The maximum Gasteiger partial charge on any atom is 0.435 e. The highest BCUT2D eigenvalue weighted by atomic mass is 19.4. The molecule has 0 amide bonds. The summed E-state index contributed by atoms with van der Waals surface area (Å²) >= 11 is 0. The van der Waals surface area contributed by atoms with E-state index in [2.05, 4.69) is 5.10 Å². The van der Waals surface area contributed by atoms with E-state index in [1.807, 2.05) is 0 Å². The number of aliphatic hydroxyl groups excluding tert-OH is 1. The molecule has 18 heavy (non-hydrogen) atoms. The summed E-state index contributed by atoms with van der Waals surface area (Å²) in [6.45, 7) is 0.674. The number of hydrogen-bond acceptors (Lipinski definition) is 3. The van der Waals surface area contributed by atoms with Crippen molar-refractivity contribution in [3.05, 3.63) is 17.5 Å². The number of aryl methyl sites for hydroxylation is 1. The topological polar surface area (TPSA) is 47.3 Å². The van der Waals surface area contributed by atoms with E-state index < -0.39 is 11.9 Å². The molecule has 0 aromatic carbocycles. The smallest absolute Gasteiger partial charge is 0.396 e. The summed E-state index contributed by atoms with van der Waals surface area (Å²) in [6.07, 6.45) is -1.68. The Bertz CT molecular complexity index is 364. The standard InChI is InChI=1S/C11H17F3N2O2/c1-18-7-3-2-5-16-8-9(4-6-17)10(15-16)11(12,13)14/h8,17H,2-7H2,1H3. The molecule has 0 aliphatic heterocycles. The van der Waals surface area contributed by atoms with Crippen LogP contribution in [-0.4, -0.2) is 35.2 Å². The van der Waals surface area contributed by atoms with Gasteiger partial charge in [0, 0.05) is 38.6 Å². The zero-order valence-electron chi connectivity index (χ0n) is 10.2. The van der Waals surface area contributed by atoms with Crippen molar-refractivity contribution in [2.75, 3.05) is 20.3 Å². The van der Waals surface area contributed by atoms with Crippen molar-refractivity contribution in [2.24, 2.45) is 0 Å². The molecule has 104 valence electrons. The Kier molecular flexibility index (Phi) is 5.61. The van der Waals surface area contributed by atoms with Gasteiger partial charge in [-0.05, 0) is 19.3 Å². The number of hydrogen-bond donors (Lipinski definition) is 1. The Hall–Kier alpha value is -1.08. The predicted octanol–water partition coefficient (Wildman–Crippen LogP) is 1.86. The summed E-state index contributed by atoms with van der Waals surface area (Å²) in [7, 11) is 1.58. The second-order valence-corrected chi connectivity index (χ2v) is 3.94.